The molecule has 0 saturated carbocycles. The lowest BCUT2D eigenvalue weighted by Crippen LogP contribution is -2.36. The molecule has 0 aromatic carbocycles. The largest absolute Gasteiger partial charge is 0.509 e. The summed E-state index contributed by atoms with van der Waals surface area (Å²) in [5, 5.41) is 0. The van der Waals surface area contributed by atoms with E-state index in [0.717, 1.165) is 0 Å². The van der Waals surface area contributed by atoms with Gasteiger partial charge in [-0.05, 0) is 0 Å². The molecule has 0 bridgehead atoms. The van der Waals surface area contributed by atoms with Crippen LogP contribution in [0.2, 0.25) is 0 Å². The molecule has 0 aromatic rings. The van der Waals surface area contributed by atoms with Crippen LogP contribution in [0, 0.1) is 0 Å². The lowest BCUT2D eigenvalue weighted by Gasteiger charge is -2.15. The lowest BCUT2D eigenvalue weighted by molar-refractivity contribution is -0.184. The van der Waals surface area contributed by atoms with Crippen LogP contribution in [0.4, 0.5) is 22.4 Å². The predicted molar refractivity (Wildman–Crippen MR) is 38.1 cm³/mol. The molecule has 1 rings (SSSR count). The fourth-order valence-corrected chi connectivity index (χ4v) is 0.767. The smallest absolute Gasteiger partial charge is 0.456 e. The first kappa shape index (κ1) is 12.5. The van der Waals surface area contributed by atoms with Crippen LogP contribution in [0.5, 0.6) is 0 Å². The summed E-state index contributed by atoms with van der Waals surface area (Å²) in [6.45, 7) is -2.27. The van der Waals surface area contributed by atoms with Gasteiger partial charge in [-0.25, -0.2) is 18.4 Å². The van der Waals surface area contributed by atoms with Crippen molar-refractivity contribution in [2.75, 3.05) is 13.2 Å². The highest BCUT2D eigenvalue weighted by Gasteiger charge is 2.43. The van der Waals surface area contributed by atoms with Gasteiger partial charge in [0.25, 0.3) is 0 Å². The van der Waals surface area contributed by atoms with Crippen molar-refractivity contribution in [3.05, 3.63) is 0 Å². The Hall–Kier alpha value is -1.54. The van der Waals surface area contributed by atoms with E-state index in [0.29, 0.717) is 0 Å². The van der Waals surface area contributed by atoms with Crippen LogP contribution < -0.4 is 0 Å². The highest BCUT2D eigenvalue weighted by Crippen LogP contribution is 2.23. The maximum absolute atomic E-state index is 12.3. The SMILES string of the molecule is O=C1OCC(C(=O)OCC(F)(F)C(F)F)O1. The summed E-state index contributed by atoms with van der Waals surface area (Å²) in [7, 11) is 0. The Bertz CT molecular complexity index is 293. The van der Waals surface area contributed by atoms with E-state index in [4.69, 9.17) is 0 Å². The zero-order chi connectivity index (χ0) is 12.3. The quantitative estimate of drug-likeness (QED) is 0.546. The van der Waals surface area contributed by atoms with Crippen LogP contribution in [0.3, 0.4) is 0 Å². The summed E-state index contributed by atoms with van der Waals surface area (Å²) in [6, 6.07) is 0. The van der Waals surface area contributed by atoms with Crippen LogP contribution in [-0.4, -0.2) is 43.8 Å². The van der Waals surface area contributed by atoms with Crippen LogP contribution in [0.15, 0.2) is 0 Å². The van der Waals surface area contributed by atoms with Crippen LogP contribution in [0.1, 0.15) is 0 Å². The number of carbonyl (C=O) groups is 2. The van der Waals surface area contributed by atoms with E-state index < -0.39 is 43.8 Å². The van der Waals surface area contributed by atoms with Crippen molar-refractivity contribution in [1.29, 1.82) is 0 Å². The van der Waals surface area contributed by atoms with Crippen molar-refractivity contribution in [1.82, 2.24) is 0 Å². The van der Waals surface area contributed by atoms with E-state index >= 15 is 0 Å². The molecule has 9 heteroatoms. The molecular weight excluding hydrogens is 240 g/mol. The fourth-order valence-electron chi connectivity index (χ4n) is 0.767. The zero-order valence-corrected chi connectivity index (χ0v) is 7.62. The third kappa shape index (κ3) is 2.97. The van der Waals surface area contributed by atoms with Gasteiger partial charge in [0.15, 0.2) is 6.61 Å². The Labute approximate surface area is 86.2 Å². The van der Waals surface area contributed by atoms with Crippen molar-refractivity contribution < 1.29 is 41.4 Å². The third-order valence-corrected chi connectivity index (χ3v) is 1.58. The molecule has 1 heterocycles. The summed E-state index contributed by atoms with van der Waals surface area (Å²) in [4.78, 5) is 21.2. The number of carbonyl (C=O) groups excluding carboxylic acids is 2. The van der Waals surface area contributed by atoms with Crippen molar-refractivity contribution in [3.8, 4) is 0 Å². The van der Waals surface area contributed by atoms with Crippen molar-refractivity contribution in [3.63, 3.8) is 0 Å². The van der Waals surface area contributed by atoms with Gasteiger partial charge in [-0.15, -0.1) is 0 Å². The Morgan fingerprint density at radius 3 is 2.62 bits per heavy atom. The molecule has 0 aromatic heterocycles. The molecular formula is C7H6F4O5. The minimum absolute atomic E-state index is 0.488. The average Bonchev–Trinajstić information content (AvgIpc) is 2.61. The first-order chi connectivity index (χ1) is 7.33. The molecule has 1 atom stereocenters. The first-order valence-electron chi connectivity index (χ1n) is 3.99. The average molecular weight is 246 g/mol. The number of esters is 1. The summed E-state index contributed by atoms with van der Waals surface area (Å²) in [6.07, 6.45) is -6.58. The number of cyclic esters (lactones) is 2. The summed E-state index contributed by atoms with van der Waals surface area (Å²) >= 11 is 0. The Balaban J connectivity index is 2.38. The van der Waals surface area contributed by atoms with E-state index in [1.165, 1.54) is 0 Å². The van der Waals surface area contributed by atoms with Crippen molar-refractivity contribution >= 4 is 12.1 Å². The van der Waals surface area contributed by atoms with E-state index in [2.05, 4.69) is 14.2 Å². The van der Waals surface area contributed by atoms with Crippen LogP contribution >= 0.6 is 0 Å². The summed E-state index contributed by atoms with van der Waals surface area (Å²) in [5.41, 5.74) is 0. The van der Waals surface area contributed by atoms with Gasteiger partial charge in [0, 0.05) is 0 Å². The molecule has 0 radical (unpaired) electrons. The van der Waals surface area contributed by atoms with E-state index in [-0.39, 0.29) is 0 Å². The first-order valence-corrected chi connectivity index (χ1v) is 3.99. The number of hydrogen-bond donors (Lipinski definition) is 0. The van der Waals surface area contributed by atoms with Crippen LogP contribution in [0.25, 0.3) is 0 Å². The molecule has 0 N–H and O–H groups in total. The second-order valence-electron chi connectivity index (χ2n) is 2.84. The Morgan fingerprint density at radius 2 is 2.19 bits per heavy atom. The van der Waals surface area contributed by atoms with Crippen LogP contribution in [-0.2, 0) is 19.0 Å². The monoisotopic (exact) mass is 246 g/mol. The second kappa shape index (κ2) is 4.54. The summed E-state index contributed by atoms with van der Waals surface area (Å²) < 4.78 is 60.1. The van der Waals surface area contributed by atoms with Gasteiger partial charge in [0.2, 0.25) is 6.10 Å². The molecule has 16 heavy (non-hydrogen) atoms. The lowest BCUT2D eigenvalue weighted by atomic mass is 10.3. The van der Waals surface area contributed by atoms with Gasteiger partial charge in [-0.2, -0.15) is 8.78 Å². The standard InChI is InChI=1S/C7H6F4O5/c8-5(9)7(10,11)2-15-4(12)3-1-14-6(13)16-3/h3,5H,1-2H2. The molecule has 5 nitrogen and oxygen atoms in total. The van der Waals surface area contributed by atoms with E-state index in [9.17, 15) is 27.2 Å². The number of rotatable bonds is 4. The number of ether oxygens (including phenoxy) is 3. The summed E-state index contributed by atoms with van der Waals surface area (Å²) in [5.74, 6) is -5.79. The molecule has 1 saturated heterocycles. The third-order valence-electron chi connectivity index (χ3n) is 1.58. The maximum atomic E-state index is 12.3. The fraction of sp³-hybridized carbons (Fsp3) is 0.714. The second-order valence-corrected chi connectivity index (χ2v) is 2.84. The van der Waals surface area contributed by atoms with Gasteiger partial charge >= 0.3 is 24.5 Å². The molecule has 92 valence electrons. The molecule has 1 fully saturated rings. The highest BCUT2D eigenvalue weighted by molar-refractivity contribution is 5.79. The maximum Gasteiger partial charge on any atom is 0.509 e. The molecule has 1 unspecified atom stereocenters. The van der Waals surface area contributed by atoms with E-state index in [1.807, 2.05) is 0 Å². The normalized spacial score (nSPS) is 20.6. The number of hydrogen-bond acceptors (Lipinski definition) is 5. The Morgan fingerprint density at radius 1 is 1.56 bits per heavy atom. The number of alkyl halides is 4. The van der Waals surface area contributed by atoms with Crippen molar-refractivity contribution in [2.24, 2.45) is 0 Å². The molecule has 1 aliphatic heterocycles. The van der Waals surface area contributed by atoms with Crippen molar-refractivity contribution in [2.45, 2.75) is 18.5 Å². The Kier molecular flexibility index (Phi) is 3.55. The highest BCUT2D eigenvalue weighted by atomic mass is 19.3. The van der Waals surface area contributed by atoms with Gasteiger partial charge < -0.3 is 14.2 Å². The molecule has 1 aliphatic rings. The predicted octanol–water partition coefficient (Wildman–Crippen LogP) is 0.965. The van der Waals surface area contributed by atoms with Gasteiger partial charge in [-0.1, -0.05) is 0 Å². The minimum atomic E-state index is -4.43. The topological polar surface area (TPSA) is 61.8 Å². The van der Waals surface area contributed by atoms with Gasteiger partial charge in [-0.3, -0.25) is 0 Å². The molecule has 0 aliphatic carbocycles. The minimum Gasteiger partial charge on any atom is -0.456 e. The van der Waals surface area contributed by atoms with Gasteiger partial charge in [0.1, 0.15) is 6.61 Å². The zero-order valence-electron chi connectivity index (χ0n) is 7.62. The molecule has 0 amide bonds. The molecule has 0 spiro atoms. The van der Waals surface area contributed by atoms with E-state index in [1.54, 1.807) is 0 Å². The van der Waals surface area contributed by atoms with Gasteiger partial charge in [0.05, 0.1) is 0 Å². The number of halogens is 4.